The van der Waals surface area contributed by atoms with Crippen LogP contribution in [0.4, 0.5) is 5.00 Å². The van der Waals surface area contributed by atoms with E-state index in [-0.39, 0.29) is 18.8 Å². The number of benzene rings is 2. The van der Waals surface area contributed by atoms with Crippen LogP contribution in [0.15, 0.2) is 47.8 Å². The number of thiophene rings is 1. The number of hydrogen-bond acceptors (Lipinski definition) is 8. The lowest BCUT2D eigenvalue weighted by molar-refractivity contribution is -0.118. The molecule has 2 aromatic carbocycles. The SMILES string of the molecule is CCOC(=O)c1c(-c2ccc(OC)c(OC)c2)csc1NC(=O)COc1cccc(OC)c1. The number of rotatable bonds is 10. The zero-order valence-electron chi connectivity index (χ0n) is 18.8. The molecule has 0 radical (unpaired) electrons. The number of ether oxygens (including phenoxy) is 5. The van der Waals surface area contributed by atoms with Gasteiger partial charge in [0.2, 0.25) is 0 Å². The predicted molar refractivity (Wildman–Crippen MR) is 126 cm³/mol. The van der Waals surface area contributed by atoms with Gasteiger partial charge in [0.05, 0.1) is 27.9 Å². The lowest BCUT2D eigenvalue weighted by atomic mass is 10.0. The number of anilines is 1. The molecule has 0 spiro atoms. The van der Waals surface area contributed by atoms with E-state index in [1.807, 2.05) is 6.07 Å². The monoisotopic (exact) mass is 471 g/mol. The van der Waals surface area contributed by atoms with Crippen LogP contribution in [0.25, 0.3) is 11.1 Å². The highest BCUT2D eigenvalue weighted by Gasteiger charge is 2.23. The van der Waals surface area contributed by atoms with Gasteiger partial charge in [-0.3, -0.25) is 4.79 Å². The molecule has 0 aliphatic carbocycles. The fourth-order valence-electron chi connectivity index (χ4n) is 3.07. The molecule has 0 aliphatic heterocycles. The molecule has 0 fully saturated rings. The minimum Gasteiger partial charge on any atom is -0.497 e. The van der Waals surface area contributed by atoms with Gasteiger partial charge < -0.3 is 29.0 Å². The van der Waals surface area contributed by atoms with E-state index in [2.05, 4.69) is 5.32 Å². The molecule has 3 aromatic rings. The first-order chi connectivity index (χ1) is 16.0. The van der Waals surface area contributed by atoms with Crippen molar-refractivity contribution < 1.29 is 33.3 Å². The summed E-state index contributed by atoms with van der Waals surface area (Å²) in [5.74, 6) is 1.25. The molecule has 1 aromatic heterocycles. The second kappa shape index (κ2) is 11.2. The fourth-order valence-corrected chi connectivity index (χ4v) is 4.05. The average Bonchev–Trinajstić information content (AvgIpc) is 3.26. The van der Waals surface area contributed by atoms with Crippen LogP contribution >= 0.6 is 11.3 Å². The van der Waals surface area contributed by atoms with E-state index in [1.165, 1.54) is 18.4 Å². The van der Waals surface area contributed by atoms with Crippen LogP contribution in [-0.4, -0.2) is 46.4 Å². The Labute approximate surface area is 196 Å². The van der Waals surface area contributed by atoms with Crippen molar-refractivity contribution >= 4 is 28.2 Å². The summed E-state index contributed by atoms with van der Waals surface area (Å²) in [7, 11) is 4.64. The zero-order valence-corrected chi connectivity index (χ0v) is 19.6. The maximum atomic E-state index is 12.8. The standard InChI is InChI=1S/C24H25NO7S/c1-5-31-24(27)22-18(15-9-10-19(29-3)20(11-15)30-4)14-33-23(22)25-21(26)13-32-17-8-6-7-16(12-17)28-2/h6-12,14H,5,13H2,1-4H3,(H,25,26). The second-order valence-corrected chi connectivity index (χ2v) is 7.54. The van der Waals surface area contributed by atoms with Crippen molar-refractivity contribution in [1.82, 2.24) is 0 Å². The number of esters is 1. The highest BCUT2D eigenvalue weighted by atomic mass is 32.1. The number of hydrogen-bond donors (Lipinski definition) is 1. The highest BCUT2D eigenvalue weighted by Crippen LogP contribution is 2.39. The molecule has 1 amide bonds. The lowest BCUT2D eigenvalue weighted by Gasteiger charge is -2.12. The lowest BCUT2D eigenvalue weighted by Crippen LogP contribution is -2.21. The smallest absolute Gasteiger partial charge is 0.341 e. The summed E-state index contributed by atoms with van der Waals surface area (Å²) < 4.78 is 26.6. The van der Waals surface area contributed by atoms with Crippen molar-refractivity contribution in [2.24, 2.45) is 0 Å². The van der Waals surface area contributed by atoms with Crippen molar-refractivity contribution in [3.63, 3.8) is 0 Å². The van der Waals surface area contributed by atoms with Gasteiger partial charge in [-0.15, -0.1) is 11.3 Å². The summed E-state index contributed by atoms with van der Waals surface area (Å²) in [4.78, 5) is 25.3. The van der Waals surface area contributed by atoms with Gasteiger partial charge in [0.25, 0.3) is 5.91 Å². The van der Waals surface area contributed by atoms with Crippen molar-refractivity contribution in [1.29, 1.82) is 0 Å². The molecule has 0 bridgehead atoms. The van der Waals surface area contributed by atoms with Gasteiger partial charge >= 0.3 is 5.97 Å². The van der Waals surface area contributed by atoms with E-state index in [0.29, 0.717) is 33.6 Å². The van der Waals surface area contributed by atoms with Gasteiger partial charge in [-0.05, 0) is 36.8 Å². The van der Waals surface area contributed by atoms with Crippen LogP contribution < -0.4 is 24.3 Å². The van der Waals surface area contributed by atoms with Crippen LogP contribution in [0.5, 0.6) is 23.0 Å². The van der Waals surface area contributed by atoms with E-state index < -0.39 is 11.9 Å². The Bertz CT molecular complexity index is 1130. The topological polar surface area (TPSA) is 92.3 Å². The summed E-state index contributed by atoms with van der Waals surface area (Å²) in [5.41, 5.74) is 1.60. The molecule has 8 nitrogen and oxygen atoms in total. The molecule has 0 saturated heterocycles. The Balaban J connectivity index is 1.84. The normalized spacial score (nSPS) is 10.3. The Morgan fingerprint density at radius 3 is 2.39 bits per heavy atom. The molecule has 1 N–H and O–H groups in total. The predicted octanol–water partition coefficient (Wildman–Crippen LogP) is 4.64. The molecule has 3 rings (SSSR count). The van der Waals surface area contributed by atoms with Gasteiger partial charge in [0.15, 0.2) is 18.1 Å². The first-order valence-corrected chi connectivity index (χ1v) is 11.0. The van der Waals surface area contributed by atoms with Crippen molar-refractivity contribution in [3.8, 4) is 34.1 Å². The summed E-state index contributed by atoms with van der Waals surface area (Å²) >= 11 is 1.22. The average molecular weight is 472 g/mol. The van der Waals surface area contributed by atoms with E-state index in [9.17, 15) is 9.59 Å². The third kappa shape index (κ3) is 5.75. The van der Waals surface area contributed by atoms with Gasteiger partial charge in [0, 0.05) is 17.0 Å². The van der Waals surface area contributed by atoms with Crippen molar-refractivity contribution in [3.05, 3.63) is 53.4 Å². The fraction of sp³-hybridized carbons (Fsp3) is 0.250. The second-order valence-electron chi connectivity index (χ2n) is 6.66. The van der Waals surface area contributed by atoms with Gasteiger partial charge in [-0.2, -0.15) is 0 Å². The molecule has 0 atom stereocenters. The maximum Gasteiger partial charge on any atom is 0.341 e. The minimum absolute atomic E-state index is 0.201. The van der Waals surface area contributed by atoms with Crippen LogP contribution in [0.3, 0.4) is 0 Å². The summed E-state index contributed by atoms with van der Waals surface area (Å²) in [6.07, 6.45) is 0. The van der Waals surface area contributed by atoms with E-state index >= 15 is 0 Å². The first kappa shape index (κ1) is 23.9. The van der Waals surface area contributed by atoms with Crippen LogP contribution in [-0.2, 0) is 9.53 Å². The largest absolute Gasteiger partial charge is 0.497 e. The molecule has 0 saturated carbocycles. The van der Waals surface area contributed by atoms with Gasteiger partial charge in [0.1, 0.15) is 22.1 Å². The third-order valence-electron chi connectivity index (χ3n) is 4.63. The van der Waals surface area contributed by atoms with Crippen LogP contribution in [0, 0.1) is 0 Å². The number of carbonyl (C=O) groups is 2. The van der Waals surface area contributed by atoms with Crippen LogP contribution in [0.1, 0.15) is 17.3 Å². The summed E-state index contributed by atoms with van der Waals surface area (Å²) in [5, 5.41) is 4.91. The number of carbonyl (C=O) groups excluding carboxylic acids is 2. The first-order valence-electron chi connectivity index (χ1n) is 10.1. The zero-order chi connectivity index (χ0) is 23.8. The molecule has 9 heteroatoms. The Hall–Kier alpha value is -3.72. The summed E-state index contributed by atoms with van der Waals surface area (Å²) in [6, 6.07) is 12.3. The Morgan fingerprint density at radius 1 is 0.939 bits per heavy atom. The number of amides is 1. The molecule has 174 valence electrons. The van der Waals surface area contributed by atoms with E-state index in [4.69, 9.17) is 23.7 Å². The van der Waals surface area contributed by atoms with E-state index in [1.54, 1.807) is 62.9 Å². The minimum atomic E-state index is -0.535. The van der Waals surface area contributed by atoms with Crippen molar-refractivity contribution in [2.75, 3.05) is 39.9 Å². The third-order valence-corrected chi connectivity index (χ3v) is 5.52. The molecule has 0 unspecified atom stereocenters. The van der Waals surface area contributed by atoms with Crippen LogP contribution in [0.2, 0.25) is 0 Å². The Kier molecular flexibility index (Phi) is 8.15. The van der Waals surface area contributed by atoms with Gasteiger partial charge in [-0.1, -0.05) is 12.1 Å². The van der Waals surface area contributed by atoms with Gasteiger partial charge in [-0.25, -0.2) is 4.79 Å². The number of nitrogens with one attached hydrogen (secondary N) is 1. The molecular formula is C24H25NO7S. The number of methoxy groups -OCH3 is 3. The molecular weight excluding hydrogens is 446 g/mol. The quantitative estimate of drug-likeness (QED) is 0.431. The molecule has 0 aliphatic rings. The van der Waals surface area contributed by atoms with E-state index in [0.717, 1.165) is 5.56 Å². The molecule has 33 heavy (non-hydrogen) atoms. The summed E-state index contributed by atoms with van der Waals surface area (Å²) in [6.45, 7) is 1.69. The highest BCUT2D eigenvalue weighted by molar-refractivity contribution is 7.15. The van der Waals surface area contributed by atoms with Crippen molar-refractivity contribution in [2.45, 2.75) is 6.92 Å². The molecule has 1 heterocycles. The Morgan fingerprint density at radius 2 is 1.70 bits per heavy atom. The maximum absolute atomic E-state index is 12.8.